The Morgan fingerprint density at radius 1 is 1.17 bits per heavy atom. The highest BCUT2D eigenvalue weighted by molar-refractivity contribution is 5.85. The number of benzene rings is 2. The molecular formula is C19H23ClN2O2. The highest BCUT2D eigenvalue weighted by Crippen LogP contribution is 2.30. The number of hydrogen-bond acceptors (Lipinski definition) is 3. The van der Waals surface area contributed by atoms with Crippen molar-refractivity contribution in [1.82, 2.24) is 5.32 Å². The number of rotatable bonds is 4. The normalized spacial score (nSPS) is 15.2. The van der Waals surface area contributed by atoms with Crippen molar-refractivity contribution in [1.29, 1.82) is 0 Å². The molecule has 1 unspecified atom stereocenters. The number of hydrogen-bond donors (Lipinski definition) is 2. The van der Waals surface area contributed by atoms with E-state index in [-0.39, 0.29) is 24.4 Å². The molecule has 2 aromatic rings. The second kappa shape index (κ2) is 8.18. The number of ether oxygens (including phenoxy) is 1. The predicted molar refractivity (Wildman–Crippen MR) is 97.6 cm³/mol. The average Bonchev–Trinajstić information content (AvgIpc) is 2.59. The second-order valence-electron chi connectivity index (χ2n) is 5.96. The monoisotopic (exact) mass is 346 g/mol. The van der Waals surface area contributed by atoms with E-state index < -0.39 is 6.04 Å². The quantitative estimate of drug-likeness (QED) is 0.894. The number of fused-ring (bicyclic) bond motifs is 1. The van der Waals surface area contributed by atoms with Gasteiger partial charge in [-0.1, -0.05) is 36.4 Å². The molecule has 0 aliphatic carbocycles. The minimum atomic E-state index is -0.540. The summed E-state index contributed by atoms with van der Waals surface area (Å²) >= 11 is 0. The van der Waals surface area contributed by atoms with Crippen LogP contribution in [-0.4, -0.2) is 18.6 Å². The molecule has 5 heteroatoms. The molecule has 128 valence electrons. The van der Waals surface area contributed by atoms with Crippen molar-refractivity contribution in [2.75, 3.05) is 6.61 Å². The molecule has 1 heterocycles. The molecule has 24 heavy (non-hydrogen) atoms. The molecule has 1 aliphatic heterocycles. The summed E-state index contributed by atoms with van der Waals surface area (Å²) < 4.78 is 5.68. The van der Waals surface area contributed by atoms with Crippen molar-refractivity contribution in [2.24, 2.45) is 5.73 Å². The molecule has 0 saturated carbocycles. The van der Waals surface area contributed by atoms with Gasteiger partial charge in [0.1, 0.15) is 5.75 Å². The maximum Gasteiger partial charge on any atom is 0.237 e. The fourth-order valence-electron chi connectivity index (χ4n) is 2.84. The van der Waals surface area contributed by atoms with Gasteiger partial charge in [0.2, 0.25) is 5.91 Å². The standard InChI is InChI=1S/C19H22N2O2.ClH/c1-13(20)19(22)21-18(14-6-3-2-4-7-14)16-9-10-17-15(12-16)8-5-11-23-17;/h2-4,6-7,9-10,12-13,18H,5,8,11,20H2,1H3,(H,21,22);1H/t13-,18?;/m1./s1. The molecule has 0 spiro atoms. The van der Waals surface area contributed by atoms with E-state index >= 15 is 0 Å². The third kappa shape index (κ3) is 4.08. The maximum absolute atomic E-state index is 12.1. The number of carbonyl (C=O) groups is 1. The minimum absolute atomic E-state index is 0. The molecule has 0 radical (unpaired) electrons. The van der Waals surface area contributed by atoms with Crippen LogP contribution in [0.5, 0.6) is 5.75 Å². The molecule has 3 rings (SSSR count). The minimum Gasteiger partial charge on any atom is -0.493 e. The molecule has 1 aliphatic rings. The molecule has 3 N–H and O–H groups in total. The van der Waals surface area contributed by atoms with Gasteiger partial charge in [-0.2, -0.15) is 0 Å². The van der Waals surface area contributed by atoms with Crippen LogP contribution < -0.4 is 15.8 Å². The van der Waals surface area contributed by atoms with Crippen LogP contribution >= 0.6 is 12.4 Å². The van der Waals surface area contributed by atoms with E-state index in [4.69, 9.17) is 10.5 Å². The molecule has 0 bridgehead atoms. The molecule has 2 aromatic carbocycles. The molecule has 0 fully saturated rings. The summed E-state index contributed by atoms with van der Waals surface area (Å²) in [5.41, 5.74) is 9.01. The topological polar surface area (TPSA) is 64.4 Å². The zero-order valence-electron chi connectivity index (χ0n) is 13.7. The van der Waals surface area contributed by atoms with Gasteiger partial charge in [-0.05, 0) is 48.6 Å². The van der Waals surface area contributed by atoms with Crippen molar-refractivity contribution in [2.45, 2.75) is 31.8 Å². The molecular weight excluding hydrogens is 324 g/mol. The first-order chi connectivity index (χ1) is 11.1. The fraction of sp³-hybridized carbons (Fsp3) is 0.316. The lowest BCUT2D eigenvalue weighted by Gasteiger charge is -2.24. The summed E-state index contributed by atoms with van der Waals surface area (Å²) in [6, 6.07) is 15.3. The largest absolute Gasteiger partial charge is 0.493 e. The summed E-state index contributed by atoms with van der Waals surface area (Å²) in [6.45, 7) is 2.47. The summed E-state index contributed by atoms with van der Waals surface area (Å²) in [6.07, 6.45) is 2.03. The van der Waals surface area contributed by atoms with Crippen LogP contribution in [-0.2, 0) is 11.2 Å². The van der Waals surface area contributed by atoms with Gasteiger partial charge in [-0.15, -0.1) is 12.4 Å². The highest BCUT2D eigenvalue weighted by Gasteiger charge is 2.20. The summed E-state index contributed by atoms with van der Waals surface area (Å²) in [4.78, 5) is 12.1. The van der Waals surface area contributed by atoms with Crippen molar-refractivity contribution < 1.29 is 9.53 Å². The molecule has 0 aromatic heterocycles. The Morgan fingerprint density at radius 2 is 1.92 bits per heavy atom. The fourth-order valence-corrected chi connectivity index (χ4v) is 2.84. The van der Waals surface area contributed by atoms with Crippen molar-refractivity contribution >= 4 is 18.3 Å². The smallest absolute Gasteiger partial charge is 0.237 e. The first-order valence-electron chi connectivity index (χ1n) is 8.01. The Labute approximate surface area is 148 Å². The first kappa shape index (κ1) is 18.3. The number of halogens is 1. The van der Waals surface area contributed by atoms with E-state index in [1.54, 1.807) is 6.92 Å². The van der Waals surface area contributed by atoms with E-state index in [0.29, 0.717) is 0 Å². The highest BCUT2D eigenvalue weighted by atomic mass is 35.5. The van der Waals surface area contributed by atoms with Gasteiger partial charge in [-0.3, -0.25) is 4.79 Å². The zero-order chi connectivity index (χ0) is 16.2. The lowest BCUT2D eigenvalue weighted by Crippen LogP contribution is -2.40. The predicted octanol–water partition coefficient (Wildman–Crippen LogP) is 2.99. The molecule has 4 nitrogen and oxygen atoms in total. The van der Waals surface area contributed by atoms with E-state index in [2.05, 4.69) is 11.4 Å². The van der Waals surface area contributed by atoms with Gasteiger partial charge in [0.25, 0.3) is 0 Å². The van der Waals surface area contributed by atoms with Gasteiger partial charge >= 0.3 is 0 Å². The summed E-state index contributed by atoms with van der Waals surface area (Å²) in [7, 11) is 0. The van der Waals surface area contributed by atoms with Gasteiger partial charge < -0.3 is 15.8 Å². The Bertz CT molecular complexity index is 689. The Balaban J connectivity index is 0.00000208. The Hall–Kier alpha value is -2.04. The van der Waals surface area contributed by atoms with Crippen LogP contribution in [0.15, 0.2) is 48.5 Å². The Morgan fingerprint density at radius 3 is 2.62 bits per heavy atom. The van der Waals surface area contributed by atoms with Gasteiger partial charge in [0.15, 0.2) is 0 Å². The number of nitrogens with one attached hydrogen (secondary N) is 1. The second-order valence-corrected chi connectivity index (χ2v) is 5.96. The van der Waals surface area contributed by atoms with Gasteiger partial charge in [0.05, 0.1) is 18.7 Å². The van der Waals surface area contributed by atoms with Crippen LogP contribution in [0.3, 0.4) is 0 Å². The third-order valence-electron chi connectivity index (χ3n) is 4.10. The van der Waals surface area contributed by atoms with Gasteiger partial charge in [-0.25, -0.2) is 0 Å². The van der Waals surface area contributed by atoms with E-state index in [9.17, 15) is 4.79 Å². The SMILES string of the molecule is C[C@@H](N)C(=O)NC(c1ccccc1)c1ccc2c(c1)CCCO2.Cl. The summed E-state index contributed by atoms with van der Waals surface area (Å²) in [5, 5.41) is 3.05. The van der Waals surface area contributed by atoms with Crippen molar-refractivity contribution in [3.8, 4) is 5.75 Å². The van der Waals surface area contributed by atoms with Crippen LogP contribution in [0.4, 0.5) is 0 Å². The van der Waals surface area contributed by atoms with Crippen LogP contribution in [0.1, 0.15) is 36.1 Å². The first-order valence-corrected chi connectivity index (χ1v) is 8.01. The molecule has 2 atom stereocenters. The van der Waals surface area contributed by atoms with E-state index in [1.165, 1.54) is 5.56 Å². The average molecular weight is 347 g/mol. The number of amides is 1. The zero-order valence-corrected chi connectivity index (χ0v) is 14.5. The van der Waals surface area contributed by atoms with Gasteiger partial charge in [0, 0.05) is 0 Å². The van der Waals surface area contributed by atoms with E-state index in [0.717, 1.165) is 36.3 Å². The molecule has 0 saturated heterocycles. The lowest BCUT2D eigenvalue weighted by atomic mass is 9.94. The Kier molecular flexibility index (Phi) is 6.23. The van der Waals surface area contributed by atoms with Crippen molar-refractivity contribution in [3.63, 3.8) is 0 Å². The lowest BCUT2D eigenvalue weighted by molar-refractivity contribution is -0.122. The third-order valence-corrected chi connectivity index (χ3v) is 4.10. The molecule has 1 amide bonds. The summed E-state index contributed by atoms with van der Waals surface area (Å²) in [5.74, 6) is 0.790. The van der Waals surface area contributed by atoms with Crippen LogP contribution in [0, 0.1) is 0 Å². The van der Waals surface area contributed by atoms with Crippen LogP contribution in [0.25, 0.3) is 0 Å². The van der Waals surface area contributed by atoms with Crippen molar-refractivity contribution in [3.05, 3.63) is 65.2 Å². The van der Waals surface area contributed by atoms with E-state index in [1.807, 2.05) is 42.5 Å². The van der Waals surface area contributed by atoms with Crippen LogP contribution in [0.2, 0.25) is 0 Å². The maximum atomic E-state index is 12.1. The number of nitrogens with two attached hydrogens (primary N) is 1. The number of carbonyl (C=O) groups excluding carboxylic acids is 1. The number of aryl methyl sites for hydroxylation is 1.